The van der Waals surface area contributed by atoms with E-state index in [1.165, 1.54) is 23.5 Å². The van der Waals surface area contributed by atoms with Crippen LogP contribution in [0.15, 0.2) is 76.7 Å². The van der Waals surface area contributed by atoms with E-state index in [9.17, 15) is 8.78 Å². The van der Waals surface area contributed by atoms with Crippen molar-refractivity contribution in [3.05, 3.63) is 76.9 Å². The van der Waals surface area contributed by atoms with Gasteiger partial charge in [0.05, 0.1) is 25.6 Å². The molecule has 1 aromatic heterocycles. The van der Waals surface area contributed by atoms with Gasteiger partial charge in [0.1, 0.15) is 11.5 Å². The molecule has 0 bridgehead atoms. The second kappa shape index (κ2) is 9.79. The molecule has 29 heavy (non-hydrogen) atoms. The maximum atomic E-state index is 12.3. The van der Waals surface area contributed by atoms with Crippen LogP contribution in [0.25, 0.3) is 11.3 Å². The summed E-state index contributed by atoms with van der Waals surface area (Å²) in [5, 5.41) is 6.53. The van der Waals surface area contributed by atoms with Crippen LogP contribution < -0.4 is 14.3 Å². The molecule has 8 heteroatoms. The zero-order chi connectivity index (χ0) is 20.6. The van der Waals surface area contributed by atoms with E-state index < -0.39 is 6.61 Å². The molecule has 5 nitrogen and oxygen atoms in total. The maximum Gasteiger partial charge on any atom is 0.387 e. The highest BCUT2D eigenvalue weighted by atomic mass is 32.1. The summed E-state index contributed by atoms with van der Waals surface area (Å²) in [6.45, 7) is 1.32. The Morgan fingerprint density at radius 1 is 1.10 bits per heavy atom. The van der Waals surface area contributed by atoms with E-state index in [-0.39, 0.29) is 5.75 Å². The first-order chi connectivity index (χ1) is 14.1. The Morgan fingerprint density at radius 3 is 2.41 bits per heavy atom. The Balaban J connectivity index is 1.94. The molecule has 0 saturated carbocycles. The van der Waals surface area contributed by atoms with Crippen LogP contribution >= 0.6 is 11.3 Å². The predicted molar refractivity (Wildman–Crippen MR) is 111 cm³/mol. The van der Waals surface area contributed by atoms with Gasteiger partial charge in [-0.05, 0) is 54.1 Å². The molecule has 0 saturated heterocycles. The smallest absolute Gasteiger partial charge is 0.387 e. The van der Waals surface area contributed by atoms with Crippen LogP contribution in [0.1, 0.15) is 5.56 Å². The van der Waals surface area contributed by atoms with Gasteiger partial charge in [0.2, 0.25) is 4.80 Å². The lowest BCUT2D eigenvalue weighted by Crippen LogP contribution is -2.12. The number of hydrogen-bond acceptors (Lipinski definition) is 5. The summed E-state index contributed by atoms with van der Waals surface area (Å²) in [5.41, 5.74) is 2.56. The predicted octanol–water partition coefficient (Wildman–Crippen LogP) is 4.80. The van der Waals surface area contributed by atoms with Gasteiger partial charge in [-0.25, -0.2) is 4.68 Å². The summed E-state index contributed by atoms with van der Waals surface area (Å²) in [6.07, 6.45) is 3.35. The molecule has 0 aliphatic carbocycles. The van der Waals surface area contributed by atoms with Gasteiger partial charge in [-0.1, -0.05) is 6.08 Å². The lowest BCUT2D eigenvalue weighted by Gasteiger charge is -2.06. The second-order valence-electron chi connectivity index (χ2n) is 5.77. The minimum absolute atomic E-state index is 0.0981. The zero-order valence-electron chi connectivity index (χ0n) is 15.7. The summed E-state index contributed by atoms with van der Waals surface area (Å²) in [7, 11) is 1.62. The molecule has 0 aliphatic heterocycles. The monoisotopic (exact) mass is 415 g/mol. The number of thiazole rings is 1. The Labute approximate surface area is 170 Å². The van der Waals surface area contributed by atoms with Gasteiger partial charge in [0.15, 0.2) is 0 Å². The maximum absolute atomic E-state index is 12.3. The highest BCUT2D eigenvalue weighted by Crippen LogP contribution is 2.23. The van der Waals surface area contributed by atoms with Gasteiger partial charge in [-0.15, -0.1) is 17.9 Å². The summed E-state index contributed by atoms with van der Waals surface area (Å²) in [6, 6.07) is 13.9. The normalized spacial score (nSPS) is 11.9. The van der Waals surface area contributed by atoms with Crippen LogP contribution in [0.4, 0.5) is 8.78 Å². The average molecular weight is 415 g/mol. The Kier molecular flexibility index (Phi) is 6.91. The van der Waals surface area contributed by atoms with E-state index in [1.807, 2.05) is 29.6 Å². The van der Waals surface area contributed by atoms with Crippen molar-refractivity contribution in [2.75, 3.05) is 13.7 Å². The molecule has 2 aromatic carbocycles. The number of methoxy groups -OCH3 is 1. The first kappa shape index (κ1) is 20.5. The molecule has 0 amide bonds. The average Bonchev–Trinajstić information content (AvgIpc) is 3.14. The van der Waals surface area contributed by atoms with E-state index in [1.54, 1.807) is 36.2 Å². The number of ether oxygens (including phenoxy) is 2. The number of nitrogens with zero attached hydrogens (tertiary/aromatic N) is 3. The van der Waals surface area contributed by atoms with Gasteiger partial charge in [0.25, 0.3) is 0 Å². The van der Waals surface area contributed by atoms with E-state index in [0.29, 0.717) is 11.3 Å². The highest BCUT2D eigenvalue weighted by Gasteiger charge is 2.08. The van der Waals surface area contributed by atoms with Crippen molar-refractivity contribution < 1.29 is 18.3 Å². The Hall–Kier alpha value is -3.26. The van der Waals surface area contributed by atoms with Crippen LogP contribution in [0, 0.1) is 0 Å². The lowest BCUT2D eigenvalue weighted by molar-refractivity contribution is -0.0498. The molecule has 0 fully saturated rings. The molecule has 3 rings (SSSR count). The first-order valence-electron chi connectivity index (χ1n) is 8.66. The Bertz CT molecular complexity index is 1040. The van der Waals surface area contributed by atoms with Crippen LogP contribution in [-0.2, 0) is 0 Å². The fourth-order valence-electron chi connectivity index (χ4n) is 2.48. The summed E-state index contributed by atoms with van der Waals surface area (Å²) < 4.78 is 35.9. The van der Waals surface area contributed by atoms with Gasteiger partial charge in [-0.3, -0.25) is 4.99 Å². The van der Waals surface area contributed by atoms with E-state index in [2.05, 4.69) is 21.4 Å². The molecule has 3 aromatic rings. The molecule has 1 heterocycles. The number of aromatic nitrogens is 1. The highest BCUT2D eigenvalue weighted by molar-refractivity contribution is 7.07. The summed E-state index contributed by atoms with van der Waals surface area (Å²) in [5.74, 6) is 0.864. The van der Waals surface area contributed by atoms with E-state index in [4.69, 9.17) is 4.74 Å². The quantitative estimate of drug-likeness (QED) is 0.392. The van der Waals surface area contributed by atoms with Gasteiger partial charge < -0.3 is 9.47 Å². The topological polar surface area (TPSA) is 48.1 Å². The molecular weight excluding hydrogens is 396 g/mol. The van der Waals surface area contributed by atoms with Crippen molar-refractivity contribution >= 4 is 17.6 Å². The third kappa shape index (κ3) is 5.39. The Morgan fingerprint density at radius 2 is 1.79 bits per heavy atom. The van der Waals surface area contributed by atoms with Crippen molar-refractivity contribution in [2.45, 2.75) is 6.61 Å². The largest absolute Gasteiger partial charge is 0.497 e. The van der Waals surface area contributed by atoms with E-state index in [0.717, 1.165) is 22.6 Å². The number of rotatable bonds is 8. The number of benzene rings is 2. The first-order valence-corrected chi connectivity index (χ1v) is 9.54. The third-order valence-corrected chi connectivity index (χ3v) is 4.71. The number of alkyl halides is 2. The molecule has 0 spiro atoms. The molecule has 0 unspecified atom stereocenters. The standard InChI is InChI=1S/C21H19F2N3O2S/c1-3-12-24-21-26(19(14-29-21)16-6-10-17(27-2)11-7-16)25-13-15-4-8-18(9-5-15)28-20(22)23/h3-11,13-14,20H,1,12H2,2H3/b24-21?,25-13+. The van der Waals surface area contributed by atoms with Gasteiger partial charge in [-0.2, -0.15) is 13.9 Å². The molecule has 150 valence electrons. The van der Waals surface area contributed by atoms with Crippen LogP contribution in [0.3, 0.4) is 0 Å². The van der Waals surface area contributed by atoms with Crippen molar-refractivity contribution in [3.63, 3.8) is 0 Å². The molecular formula is C21H19F2N3O2S. The molecule has 0 N–H and O–H groups in total. The fraction of sp³-hybridized carbons (Fsp3) is 0.143. The third-order valence-electron chi connectivity index (χ3n) is 3.85. The summed E-state index contributed by atoms with van der Waals surface area (Å²) in [4.78, 5) is 5.20. The van der Waals surface area contributed by atoms with Crippen molar-refractivity contribution in [3.8, 4) is 22.8 Å². The van der Waals surface area contributed by atoms with Gasteiger partial charge >= 0.3 is 6.61 Å². The van der Waals surface area contributed by atoms with Crippen LogP contribution in [-0.4, -0.2) is 31.2 Å². The minimum atomic E-state index is -2.85. The zero-order valence-corrected chi connectivity index (χ0v) is 16.5. The lowest BCUT2D eigenvalue weighted by atomic mass is 10.2. The van der Waals surface area contributed by atoms with Crippen LogP contribution in [0.5, 0.6) is 11.5 Å². The van der Waals surface area contributed by atoms with Crippen molar-refractivity contribution in [1.82, 2.24) is 4.68 Å². The molecule has 0 radical (unpaired) electrons. The fourth-order valence-corrected chi connectivity index (χ4v) is 3.33. The minimum Gasteiger partial charge on any atom is -0.497 e. The number of hydrogen-bond donors (Lipinski definition) is 0. The summed E-state index contributed by atoms with van der Waals surface area (Å²) >= 11 is 1.47. The SMILES string of the molecule is C=CCN=c1scc(-c2ccc(OC)cc2)n1/N=C/c1ccc(OC(F)F)cc1. The number of halogens is 2. The van der Waals surface area contributed by atoms with Crippen LogP contribution in [0.2, 0.25) is 0 Å². The molecule has 0 atom stereocenters. The van der Waals surface area contributed by atoms with Gasteiger partial charge in [0, 0.05) is 10.9 Å². The van der Waals surface area contributed by atoms with Crippen molar-refractivity contribution in [1.29, 1.82) is 0 Å². The molecule has 0 aliphatic rings. The van der Waals surface area contributed by atoms with Crippen molar-refractivity contribution in [2.24, 2.45) is 10.1 Å². The second-order valence-corrected chi connectivity index (χ2v) is 6.60. The van der Waals surface area contributed by atoms with E-state index >= 15 is 0 Å².